The SMILES string of the molecule is Cc1cccc(-c2nc(CC(=O)NCCc3nnc4n3CCCCC4)cs2)c1. The average Bonchev–Trinajstić information content (AvgIpc) is 3.22. The van der Waals surface area contributed by atoms with Gasteiger partial charge in [0.05, 0.1) is 12.1 Å². The van der Waals surface area contributed by atoms with Crippen molar-refractivity contribution in [2.45, 2.75) is 52.0 Å². The average molecular weight is 396 g/mol. The van der Waals surface area contributed by atoms with E-state index in [9.17, 15) is 4.79 Å². The molecule has 28 heavy (non-hydrogen) atoms. The fourth-order valence-corrected chi connectivity index (χ4v) is 4.39. The van der Waals surface area contributed by atoms with Crippen LogP contribution in [0.25, 0.3) is 10.6 Å². The van der Waals surface area contributed by atoms with Gasteiger partial charge in [-0.2, -0.15) is 0 Å². The van der Waals surface area contributed by atoms with Gasteiger partial charge in [-0.3, -0.25) is 4.79 Å². The van der Waals surface area contributed by atoms with Crippen molar-refractivity contribution in [3.8, 4) is 10.6 Å². The van der Waals surface area contributed by atoms with E-state index < -0.39 is 0 Å². The van der Waals surface area contributed by atoms with Crippen molar-refractivity contribution in [1.29, 1.82) is 0 Å². The third kappa shape index (κ3) is 4.47. The van der Waals surface area contributed by atoms with Gasteiger partial charge in [0, 0.05) is 36.9 Å². The number of rotatable bonds is 6. The number of nitrogens with one attached hydrogen (secondary N) is 1. The Bertz CT molecular complexity index is 961. The summed E-state index contributed by atoms with van der Waals surface area (Å²) in [4.78, 5) is 16.9. The number of hydrogen-bond donors (Lipinski definition) is 1. The zero-order valence-electron chi connectivity index (χ0n) is 16.1. The molecule has 0 saturated heterocycles. The summed E-state index contributed by atoms with van der Waals surface area (Å²) < 4.78 is 2.23. The highest BCUT2D eigenvalue weighted by molar-refractivity contribution is 7.13. The second-order valence-corrected chi connectivity index (χ2v) is 8.14. The molecule has 0 spiro atoms. The molecule has 0 bridgehead atoms. The Morgan fingerprint density at radius 2 is 2.18 bits per heavy atom. The molecule has 4 rings (SSSR count). The largest absolute Gasteiger partial charge is 0.355 e. The van der Waals surface area contributed by atoms with Crippen LogP contribution >= 0.6 is 11.3 Å². The molecule has 7 heteroatoms. The smallest absolute Gasteiger partial charge is 0.226 e. The highest BCUT2D eigenvalue weighted by Crippen LogP contribution is 2.24. The van der Waals surface area contributed by atoms with Crippen LogP contribution in [0.5, 0.6) is 0 Å². The molecule has 0 fully saturated rings. The molecule has 146 valence electrons. The first-order chi connectivity index (χ1) is 13.7. The number of fused-ring (bicyclic) bond motifs is 1. The number of aromatic nitrogens is 4. The normalized spacial score (nSPS) is 13.8. The fraction of sp³-hybridized carbons (Fsp3) is 0.429. The van der Waals surface area contributed by atoms with Gasteiger partial charge in [0.2, 0.25) is 5.91 Å². The minimum Gasteiger partial charge on any atom is -0.355 e. The van der Waals surface area contributed by atoms with Crippen molar-refractivity contribution in [3.05, 3.63) is 52.6 Å². The van der Waals surface area contributed by atoms with Gasteiger partial charge in [-0.15, -0.1) is 21.5 Å². The first-order valence-electron chi connectivity index (χ1n) is 9.88. The van der Waals surface area contributed by atoms with Gasteiger partial charge in [0.15, 0.2) is 0 Å². The van der Waals surface area contributed by atoms with E-state index in [1.165, 1.54) is 24.8 Å². The minimum absolute atomic E-state index is 0.00306. The van der Waals surface area contributed by atoms with Crippen LogP contribution in [0.2, 0.25) is 0 Å². The van der Waals surface area contributed by atoms with Crippen molar-refractivity contribution in [2.75, 3.05) is 6.54 Å². The van der Waals surface area contributed by atoms with E-state index >= 15 is 0 Å². The van der Waals surface area contributed by atoms with Crippen molar-refractivity contribution >= 4 is 17.2 Å². The second-order valence-electron chi connectivity index (χ2n) is 7.28. The summed E-state index contributed by atoms with van der Waals surface area (Å²) in [5.41, 5.74) is 3.12. The molecule has 0 radical (unpaired) electrons. The summed E-state index contributed by atoms with van der Waals surface area (Å²) in [5.74, 6) is 2.06. The number of carbonyl (C=O) groups is 1. The van der Waals surface area contributed by atoms with E-state index in [1.54, 1.807) is 11.3 Å². The first kappa shape index (κ1) is 18.8. The predicted molar refractivity (Wildman–Crippen MR) is 110 cm³/mol. The van der Waals surface area contributed by atoms with Crippen LogP contribution in [0.4, 0.5) is 0 Å². The maximum Gasteiger partial charge on any atom is 0.226 e. The maximum atomic E-state index is 12.3. The van der Waals surface area contributed by atoms with E-state index in [-0.39, 0.29) is 5.91 Å². The van der Waals surface area contributed by atoms with Gasteiger partial charge in [-0.05, 0) is 25.8 Å². The van der Waals surface area contributed by atoms with Crippen molar-refractivity contribution < 1.29 is 4.79 Å². The molecule has 6 nitrogen and oxygen atoms in total. The standard InChI is InChI=1S/C21H25N5OS/c1-15-6-5-7-16(12-15)21-23-17(14-28-21)13-20(27)22-10-9-19-25-24-18-8-3-2-4-11-26(18)19/h5-7,12,14H,2-4,8-11,13H2,1H3,(H,22,27). The highest BCUT2D eigenvalue weighted by Gasteiger charge is 2.15. The van der Waals surface area contributed by atoms with E-state index in [4.69, 9.17) is 0 Å². The number of thiazole rings is 1. The van der Waals surface area contributed by atoms with Crippen molar-refractivity contribution in [2.24, 2.45) is 0 Å². The van der Waals surface area contributed by atoms with E-state index in [2.05, 4.69) is 50.2 Å². The molecule has 1 aliphatic heterocycles. The first-order valence-corrected chi connectivity index (χ1v) is 10.8. The van der Waals surface area contributed by atoms with Crippen LogP contribution in [0, 0.1) is 6.92 Å². The lowest BCUT2D eigenvalue weighted by Gasteiger charge is -2.07. The molecule has 0 unspecified atom stereocenters. The van der Waals surface area contributed by atoms with E-state index in [0.717, 1.165) is 40.9 Å². The molecule has 3 heterocycles. The molecule has 1 aliphatic rings. The number of amides is 1. The Morgan fingerprint density at radius 3 is 3.07 bits per heavy atom. The van der Waals surface area contributed by atoms with Gasteiger partial charge in [0.25, 0.3) is 0 Å². The molecule has 1 aromatic carbocycles. The van der Waals surface area contributed by atoms with Crippen molar-refractivity contribution in [3.63, 3.8) is 0 Å². The molecule has 0 saturated carbocycles. The zero-order valence-corrected chi connectivity index (χ0v) is 17.0. The fourth-order valence-electron chi connectivity index (χ4n) is 3.57. The Kier molecular flexibility index (Phi) is 5.81. The number of carbonyl (C=O) groups excluding carboxylic acids is 1. The molecule has 1 N–H and O–H groups in total. The molecule has 0 atom stereocenters. The van der Waals surface area contributed by atoms with Gasteiger partial charge >= 0.3 is 0 Å². The molecular formula is C21H25N5OS. The van der Waals surface area contributed by atoms with Crippen LogP contribution in [0.1, 0.15) is 42.2 Å². The minimum atomic E-state index is -0.00306. The third-order valence-corrected chi connectivity index (χ3v) is 5.96. The van der Waals surface area contributed by atoms with Gasteiger partial charge in [-0.1, -0.05) is 30.2 Å². The Morgan fingerprint density at radius 1 is 1.25 bits per heavy atom. The number of aryl methyl sites for hydroxylation is 2. The topological polar surface area (TPSA) is 72.7 Å². The predicted octanol–water partition coefficient (Wildman–Crippen LogP) is 3.34. The van der Waals surface area contributed by atoms with E-state index in [0.29, 0.717) is 19.4 Å². The summed E-state index contributed by atoms with van der Waals surface area (Å²) in [6, 6.07) is 8.27. The molecular weight excluding hydrogens is 370 g/mol. The Balaban J connectivity index is 1.29. The summed E-state index contributed by atoms with van der Waals surface area (Å²) >= 11 is 1.58. The molecule has 1 amide bonds. The molecule has 3 aromatic rings. The lowest BCUT2D eigenvalue weighted by molar-refractivity contribution is -0.120. The number of nitrogens with zero attached hydrogens (tertiary/aromatic N) is 4. The third-order valence-electron chi connectivity index (χ3n) is 5.02. The van der Waals surface area contributed by atoms with Crippen LogP contribution in [-0.4, -0.2) is 32.2 Å². The molecule has 0 aliphatic carbocycles. The van der Waals surface area contributed by atoms with Gasteiger partial charge < -0.3 is 9.88 Å². The van der Waals surface area contributed by atoms with Crippen LogP contribution < -0.4 is 5.32 Å². The van der Waals surface area contributed by atoms with Crippen LogP contribution in [-0.2, 0) is 30.6 Å². The summed E-state index contributed by atoms with van der Waals surface area (Å²) in [7, 11) is 0. The van der Waals surface area contributed by atoms with Crippen LogP contribution in [0.15, 0.2) is 29.6 Å². The Labute approximate surface area is 169 Å². The quantitative estimate of drug-likeness (QED) is 0.695. The number of benzene rings is 1. The maximum absolute atomic E-state index is 12.3. The van der Waals surface area contributed by atoms with Gasteiger partial charge in [-0.25, -0.2) is 4.98 Å². The lowest BCUT2D eigenvalue weighted by Crippen LogP contribution is -2.28. The van der Waals surface area contributed by atoms with Crippen LogP contribution in [0.3, 0.4) is 0 Å². The lowest BCUT2D eigenvalue weighted by atomic mass is 10.1. The number of hydrogen-bond acceptors (Lipinski definition) is 5. The van der Waals surface area contributed by atoms with Gasteiger partial charge in [0.1, 0.15) is 16.7 Å². The van der Waals surface area contributed by atoms with Crippen molar-refractivity contribution in [1.82, 2.24) is 25.1 Å². The Hall–Kier alpha value is -2.54. The molecule has 2 aromatic heterocycles. The highest BCUT2D eigenvalue weighted by atomic mass is 32.1. The zero-order chi connectivity index (χ0) is 19.3. The summed E-state index contributed by atoms with van der Waals surface area (Å²) in [5, 5.41) is 14.5. The van der Waals surface area contributed by atoms with E-state index in [1.807, 2.05) is 11.4 Å². The second kappa shape index (κ2) is 8.65. The monoisotopic (exact) mass is 395 g/mol. The summed E-state index contributed by atoms with van der Waals surface area (Å²) in [6.07, 6.45) is 5.64. The summed E-state index contributed by atoms with van der Waals surface area (Å²) in [6.45, 7) is 3.64.